The van der Waals surface area contributed by atoms with Crippen LogP contribution in [0.1, 0.15) is 43.9 Å². The molecule has 126 valence electrons. The summed E-state index contributed by atoms with van der Waals surface area (Å²) in [6.07, 6.45) is 4.92. The number of hydrogen-bond acceptors (Lipinski definition) is 4. The molecule has 0 unspecified atom stereocenters. The van der Waals surface area contributed by atoms with Gasteiger partial charge in [0.05, 0.1) is 0 Å². The molecule has 1 aromatic carbocycles. The zero-order chi connectivity index (χ0) is 16.7. The number of nitrogens with zero attached hydrogens (tertiary/aromatic N) is 2. The molecule has 5 nitrogen and oxygen atoms in total. The van der Waals surface area contributed by atoms with Crippen molar-refractivity contribution in [3.8, 4) is 0 Å². The van der Waals surface area contributed by atoms with Crippen molar-refractivity contribution in [3.63, 3.8) is 0 Å². The van der Waals surface area contributed by atoms with Gasteiger partial charge < -0.3 is 15.2 Å². The Morgan fingerprint density at radius 2 is 1.96 bits per heavy atom. The molecule has 5 heteroatoms. The number of aromatic nitrogens is 2. The minimum absolute atomic E-state index is 0.0696. The van der Waals surface area contributed by atoms with Crippen LogP contribution in [-0.4, -0.2) is 28.6 Å². The lowest BCUT2D eigenvalue weighted by molar-refractivity contribution is 0.373. The van der Waals surface area contributed by atoms with Crippen LogP contribution in [0.25, 0.3) is 0 Å². The van der Waals surface area contributed by atoms with E-state index in [0.29, 0.717) is 5.82 Å². The highest BCUT2D eigenvalue weighted by Gasteiger charge is 2.39. The van der Waals surface area contributed by atoms with Crippen molar-refractivity contribution in [3.05, 3.63) is 52.1 Å². The van der Waals surface area contributed by atoms with Crippen LogP contribution in [0.4, 0.5) is 11.5 Å². The van der Waals surface area contributed by atoms with Gasteiger partial charge in [0.2, 0.25) is 0 Å². The largest absolute Gasteiger partial charge is 0.379 e. The molecule has 0 saturated carbocycles. The van der Waals surface area contributed by atoms with Crippen molar-refractivity contribution in [1.29, 1.82) is 0 Å². The summed E-state index contributed by atoms with van der Waals surface area (Å²) in [5, 5.41) is 3.73. The summed E-state index contributed by atoms with van der Waals surface area (Å²) in [4.78, 5) is 21.9. The van der Waals surface area contributed by atoms with Crippen LogP contribution in [0.15, 0.2) is 35.3 Å². The number of nitrogens with one attached hydrogen (secondary N) is 2. The molecule has 24 heavy (non-hydrogen) atoms. The smallest absolute Gasteiger partial charge is 0.291 e. The van der Waals surface area contributed by atoms with Crippen LogP contribution in [-0.2, 0) is 6.42 Å². The molecule has 1 spiro atoms. The molecule has 3 heterocycles. The van der Waals surface area contributed by atoms with Crippen LogP contribution in [0.5, 0.6) is 0 Å². The molecule has 0 amide bonds. The SMILES string of the molecule is CC(C)c1cnc(N2CCC3(CC2)Cc2ccccc2N3)c(=O)[nH]1. The maximum absolute atomic E-state index is 12.4. The lowest BCUT2D eigenvalue weighted by Crippen LogP contribution is -2.49. The van der Waals surface area contributed by atoms with E-state index >= 15 is 0 Å². The number of piperidine rings is 1. The molecule has 2 aliphatic heterocycles. The van der Waals surface area contributed by atoms with Gasteiger partial charge in [0.15, 0.2) is 5.82 Å². The Morgan fingerprint density at radius 3 is 2.62 bits per heavy atom. The molecule has 0 aliphatic carbocycles. The molecule has 4 rings (SSSR count). The Hall–Kier alpha value is -2.30. The number of para-hydroxylation sites is 1. The molecular weight excluding hydrogens is 300 g/mol. The van der Waals surface area contributed by atoms with Gasteiger partial charge in [-0.2, -0.15) is 0 Å². The maximum atomic E-state index is 12.4. The van der Waals surface area contributed by atoms with Crippen molar-refractivity contribution < 1.29 is 0 Å². The van der Waals surface area contributed by atoms with E-state index in [9.17, 15) is 4.79 Å². The summed E-state index contributed by atoms with van der Waals surface area (Å²) in [5.74, 6) is 0.842. The molecule has 1 saturated heterocycles. The maximum Gasteiger partial charge on any atom is 0.291 e. The summed E-state index contributed by atoms with van der Waals surface area (Å²) in [5.41, 5.74) is 3.64. The lowest BCUT2D eigenvalue weighted by Gasteiger charge is -2.40. The molecule has 0 bridgehead atoms. The number of fused-ring (bicyclic) bond motifs is 1. The van der Waals surface area contributed by atoms with E-state index in [1.807, 2.05) is 0 Å². The molecule has 2 aliphatic rings. The third-order valence-electron chi connectivity index (χ3n) is 5.38. The molecule has 2 aromatic rings. The van der Waals surface area contributed by atoms with Gasteiger partial charge in [0.25, 0.3) is 5.56 Å². The van der Waals surface area contributed by atoms with Crippen molar-refractivity contribution in [2.75, 3.05) is 23.3 Å². The number of benzene rings is 1. The van der Waals surface area contributed by atoms with Crippen molar-refractivity contribution in [2.45, 2.75) is 44.6 Å². The van der Waals surface area contributed by atoms with Gasteiger partial charge in [0.1, 0.15) is 0 Å². The monoisotopic (exact) mass is 324 g/mol. The molecule has 1 aromatic heterocycles. The number of H-pyrrole nitrogens is 1. The highest BCUT2D eigenvalue weighted by molar-refractivity contribution is 5.59. The second kappa shape index (κ2) is 5.65. The van der Waals surface area contributed by atoms with Gasteiger partial charge in [-0.05, 0) is 36.8 Å². The third-order valence-corrected chi connectivity index (χ3v) is 5.38. The fourth-order valence-electron chi connectivity index (χ4n) is 3.87. The van der Waals surface area contributed by atoms with E-state index in [-0.39, 0.29) is 17.0 Å². The summed E-state index contributed by atoms with van der Waals surface area (Å²) < 4.78 is 0. The quantitative estimate of drug-likeness (QED) is 0.892. The van der Waals surface area contributed by atoms with Crippen molar-refractivity contribution >= 4 is 11.5 Å². The second-order valence-electron chi connectivity index (χ2n) is 7.37. The van der Waals surface area contributed by atoms with E-state index < -0.39 is 0 Å². The minimum Gasteiger partial charge on any atom is -0.379 e. The molecule has 2 N–H and O–H groups in total. The van der Waals surface area contributed by atoms with Crippen LogP contribution in [0.2, 0.25) is 0 Å². The average molecular weight is 324 g/mol. The van der Waals surface area contributed by atoms with Crippen molar-refractivity contribution in [2.24, 2.45) is 0 Å². The molecule has 0 radical (unpaired) electrons. The first-order valence-corrected chi connectivity index (χ1v) is 8.77. The summed E-state index contributed by atoms with van der Waals surface area (Å²) in [6, 6.07) is 8.56. The summed E-state index contributed by atoms with van der Waals surface area (Å²) >= 11 is 0. The predicted octanol–water partition coefficient (Wildman–Crippen LogP) is 2.90. The zero-order valence-corrected chi connectivity index (χ0v) is 14.3. The fourth-order valence-corrected chi connectivity index (χ4v) is 3.87. The van der Waals surface area contributed by atoms with Gasteiger partial charge >= 0.3 is 0 Å². The van der Waals surface area contributed by atoms with E-state index in [1.165, 1.54) is 11.3 Å². The minimum atomic E-state index is -0.0696. The number of aromatic amines is 1. The molecule has 0 atom stereocenters. The van der Waals surface area contributed by atoms with Crippen molar-refractivity contribution in [1.82, 2.24) is 9.97 Å². The number of rotatable bonds is 2. The highest BCUT2D eigenvalue weighted by atomic mass is 16.1. The first-order valence-electron chi connectivity index (χ1n) is 8.77. The van der Waals surface area contributed by atoms with Crippen LogP contribution >= 0.6 is 0 Å². The van der Waals surface area contributed by atoms with E-state index in [0.717, 1.165) is 38.0 Å². The molecule has 1 fully saturated rings. The van der Waals surface area contributed by atoms with Gasteiger partial charge in [-0.1, -0.05) is 32.0 Å². The summed E-state index contributed by atoms with van der Waals surface area (Å²) in [7, 11) is 0. The predicted molar refractivity (Wildman–Crippen MR) is 96.9 cm³/mol. The number of hydrogen-bond donors (Lipinski definition) is 2. The van der Waals surface area contributed by atoms with Gasteiger partial charge in [0, 0.05) is 36.2 Å². The van der Waals surface area contributed by atoms with E-state index in [2.05, 4.69) is 58.3 Å². The second-order valence-corrected chi connectivity index (χ2v) is 7.37. The Bertz CT molecular complexity index is 776. The Morgan fingerprint density at radius 1 is 1.21 bits per heavy atom. The topological polar surface area (TPSA) is 61.0 Å². The Labute approximate surface area is 142 Å². The van der Waals surface area contributed by atoms with Gasteiger partial charge in [-0.15, -0.1) is 0 Å². The van der Waals surface area contributed by atoms with Gasteiger partial charge in [-0.25, -0.2) is 4.98 Å². The van der Waals surface area contributed by atoms with E-state index in [4.69, 9.17) is 0 Å². The standard InChI is InChI=1S/C19H24N4O/c1-13(2)16-12-20-17(18(24)21-16)23-9-7-19(8-10-23)11-14-5-3-4-6-15(14)22-19/h3-6,12-13,22H,7-11H2,1-2H3,(H,21,24). The molecular formula is C19H24N4O. The first kappa shape index (κ1) is 15.2. The van der Waals surface area contributed by atoms with Gasteiger partial charge in [-0.3, -0.25) is 4.79 Å². The fraction of sp³-hybridized carbons (Fsp3) is 0.474. The van der Waals surface area contributed by atoms with Crippen LogP contribution in [0, 0.1) is 0 Å². The highest BCUT2D eigenvalue weighted by Crippen LogP contribution is 2.39. The third kappa shape index (κ3) is 2.58. The lowest BCUT2D eigenvalue weighted by atomic mass is 9.85. The van der Waals surface area contributed by atoms with E-state index in [1.54, 1.807) is 6.20 Å². The normalized spacial score (nSPS) is 18.7. The zero-order valence-electron chi connectivity index (χ0n) is 14.3. The summed E-state index contributed by atoms with van der Waals surface area (Å²) in [6.45, 7) is 5.83. The first-order chi connectivity index (χ1) is 11.6. The van der Waals surface area contributed by atoms with Crippen LogP contribution < -0.4 is 15.8 Å². The Kier molecular flexibility index (Phi) is 3.59. The van der Waals surface area contributed by atoms with Crippen LogP contribution in [0.3, 0.4) is 0 Å². The Balaban J connectivity index is 1.49. The number of anilines is 2. The average Bonchev–Trinajstić information content (AvgIpc) is 2.93.